The molecule has 0 bridgehead atoms. The van der Waals surface area contributed by atoms with Crippen LogP contribution in [0.5, 0.6) is 0 Å². The van der Waals surface area contributed by atoms with Gasteiger partial charge in [-0.3, -0.25) is 4.68 Å². The molecular formula is C14H25N3O. The molecule has 0 radical (unpaired) electrons. The fraction of sp³-hybridized carbons (Fsp3) is 0.786. The summed E-state index contributed by atoms with van der Waals surface area (Å²) in [7, 11) is 1.91. The Balaban J connectivity index is 1.83. The fourth-order valence-corrected chi connectivity index (χ4v) is 2.78. The Bertz CT molecular complexity index is 343. The minimum Gasteiger partial charge on any atom is -0.394 e. The van der Waals surface area contributed by atoms with Gasteiger partial charge in [0.05, 0.1) is 18.8 Å². The van der Waals surface area contributed by atoms with Crippen LogP contribution < -0.4 is 5.32 Å². The van der Waals surface area contributed by atoms with Gasteiger partial charge in [0.1, 0.15) is 0 Å². The second kappa shape index (κ2) is 6.90. The number of nitrogens with zero attached hydrogens (tertiary/aromatic N) is 2. The summed E-state index contributed by atoms with van der Waals surface area (Å²) >= 11 is 0. The van der Waals surface area contributed by atoms with Crippen LogP contribution in [-0.4, -0.2) is 28.0 Å². The first kappa shape index (κ1) is 13.6. The zero-order chi connectivity index (χ0) is 12.8. The molecule has 0 spiro atoms. The van der Waals surface area contributed by atoms with Gasteiger partial charge >= 0.3 is 0 Å². The van der Waals surface area contributed by atoms with Gasteiger partial charge in [0, 0.05) is 18.8 Å². The molecule has 18 heavy (non-hydrogen) atoms. The molecule has 1 fully saturated rings. The number of nitrogens with one attached hydrogen (secondary N) is 1. The minimum atomic E-state index is 0.0296. The van der Waals surface area contributed by atoms with E-state index < -0.39 is 0 Å². The molecule has 1 aliphatic carbocycles. The van der Waals surface area contributed by atoms with Gasteiger partial charge in [0.25, 0.3) is 0 Å². The quantitative estimate of drug-likeness (QED) is 0.787. The summed E-state index contributed by atoms with van der Waals surface area (Å²) < 4.78 is 1.78. The highest BCUT2D eigenvalue weighted by Gasteiger charge is 2.16. The van der Waals surface area contributed by atoms with Crippen molar-refractivity contribution in [1.82, 2.24) is 15.1 Å². The minimum absolute atomic E-state index is 0.0296. The Morgan fingerprint density at radius 1 is 1.39 bits per heavy atom. The molecule has 1 aliphatic rings. The monoisotopic (exact) mass is 251 g/mol. The van der Waals surface area contributed by atoms with Crippen molar-refractivity contribution in [3.8, 4) is 0 Å². The van der Waals surface area contributed by atoms with Crippen LogP contribution >= 0.6 is 0 Å². The van der Waals surface area contributed by atoms with Crippen molar-refractivity contribution in [2.24, 2.45) is 13.0 Å². The lowest BCUT2D eigenvalue weighted by Gasteiger charge is -2.20. The first-order valence-corrected chi connectivity index (χ1v) is 7.12. The summed E-state index contributed by atoms with van der Waals surface area (Å²) in [6.07, 6.45) is 12.0. The Morgan fingerprint density at radius 2 is 2.11 bits per heavy atom. The third-order valence-electron chi connectivity index (χ3n) is 3.94. The Kier molecular flexibility index (Phi) is 5.20. The highest BCUT2D eigenvalue weighted by molar-refractivity contribution is 5.10. The van der Waals surface area contributed by atoms with E-state index in [4.69, 9.17) is 0 Å². The normalized spacial score (nSPS) is 19.7. The Labute approximate surface area is 109 Å². The number of hydrogen-bond acceptors (Lipinski definition) is 3. The van der Waals surface area contributed by atoms with Crippen molar-refractivity contribution in [2.45, 2.75) is 44.6 Å². The van der Waals surface area contributed by atoms with Crippen LogP contribution in [0.3, 0.4) is 0 Å². The third kappa shape index (κ3) is 3.82. The lowest BCUT2D eigenvalue weighted by molar-refractivity contribution is 0.236. The molecule has 0 amide bonds. The summed E-state index contributed by atoms with van der Waals surface area (Å²) in [5.74, 6) is 0.776. The summed E-state index contributed by atoms with van der Waals surface area (Å²) in [6, 6.07) is 0.0296. The average molecular weight is 251 g/mol. The van der Waals surface area contributed by atoms with Gasteiger partial charge in [-0.25, -0.2) is 0 Å². The van der Waals surface area contributed by atoms with E-state index in [2.05, 4.69) is 10.4 Å². The standard InChI is InChI=1S/C14H25N3O/c1-17-10-13(9-16-17)14(11-18)15-8-12-6-4-2-3-5-7-12/h9-10,12,14-15,18H,2-8,11H2,1H3/t14-/m0/s1. The number of aromatic nitrogens is 2. The van der Waals surface area contributed by atoms with E-state index in [9.17, 15) is 5.11 Å². The second-order valence-electron chi connectivity index (χ2n) is 5.45. The molecule has 102 valence electrons. The summed E-state index contributed by atoms with van der Waals surface area (Å²) in [6.45, 7) is 1.15. The fourth-order valence-electron chi connectivity index (χ4n) is 2.78. The molecule has 1 saturated carbocycles. The van der Waals surface area contributed by atoms with Gasteiger partial charge in [-0.1, -0.05) is 25.7 Å². The summed E-state index contributed by atoms with van der Waals surface area (Å²) in [4.78, 5) is 0. The largest absolute Gasteiger partial charge is 0.394 e. The Morgan fingerprint density at radius 3 is 2.67 bits per heavy atom. The predicted molar refractivity (Wildman–Crippen MR) is 72.2 cm³/mol. The molecule has 0 unspecified atom stereocenters. The predicted octanol–water partition coefficient (Wildman–Crippen LogP) is 2.01. The maximum atomic E-state index is 9.47. The topological polar surface area (TPSA) is 50.1 Å². The zero-order valence-electron chi connectivity index (χ0n) is 11.3. The molecule has 0 aromatic carbocycles. The van der Waals surface area contributed by atoms with E-state index in [0.717, 1.165) is 18.0 Å². The molecule has 1 heterocycles. The highest BCUT2D eigenvalue weighted by Crippen LogP contribution is 2.23. The van der Waals surface area contributed by atoms with Gasteiger partial charge in [-0.15, -0.1) is 0 Å². The van der Waals surface area contributed by atoms with Crippen molar-refractivity contribution < 1.29 is 5.11 Å². The first-order chi connectivity index (χ1) is 8.79. The smallest absolute Gasteiger partial charge is 0.0627 e. The molecule has 2 N–H and O–H groups in total. The van der Waals surface area contributed by atoms with Crippen molar-refractivity contribution in [3.05, 3.63) is 18.0 Å². The summed E-state index contributed by atoms with van der Waals surface area (Å²) in [5, 5.41) is 17.1. The van der Waals surface area contributed by atoms with Gasteiger partial charge in [0.2, 0.25) is 0 Å². The zero-order valence-corrected chi connectivity index (χ0v) is 11.3. The first-order valence-electron chi connectivity index (χ1n) is 7.12. The summed E-state index contributed by atoms with van der Waals surface area (Å²) in [5.41, 5.74) is 1.08. The van der Waals surface area contributed by atoms with Gasteiger partial charge < -0.3 is 10.4 Å². The van der Waals surface area contributed by atoms with E-state index in [-0.39, 0.29) is 12.6 Å². The highest BCUT2D eigenvalue weighted by atomic mass is 16.3. The van der Waals surface area contributed by atoms with Crippen LogP contribution in [0.25, 0.3) is 0 Å². The van der Waals surface area contributed by atoms with E-state index >= 15 is 0 Å². The SMILES string of the molecule is Cn1cc([C@H](CO)NCC2CCCCCC2)cn1. The maximum absolute atomic E-state index is 9.47. The number of rotatable bonds is 5. The van der Waals surface area contributed by atoms with Gasteiger partial charge in [-0.05, 0) is 25.3 Å². The lowest BCUT2D eigenvalue weighted by atomic mass is 10.00. The van der Waals surface area contributed by atoms with Gasteiger partial charge in [0.15, 0.2) is 0 Å². The molecule has 0 aliphatic heterocycles. The van der Waals surface area contributed by atoms with Crippen molar-refractivity contribution in [2.75, 3.05) is 13.2 Å². The van der Waals surface area contributed by atoms with E-state index in [1.54, 1.807) is 4.68 Å². The van der Waals surface area contributed by atoms with E-state index in [1.807, 2.05) is 19.4 Å². The molecule has 2 rings (SSSR count). The Hall–Kier alpha value is -0.870. The molecule has 1 atom stereocenters. The molecule has 1 aromatic heterocycles. The van der Waals surface area contributed by atoms with Crippen LogP contribution in [0.15, 0.2) is 12.4 Å². The van der Waals surface area contributed by atoms with Crippen LogP contribution in [0.1, 0.15) is 50.1 Å². The van der Waals surface area contributed by atoms with E-state index in [1.165, 1.54) is 38.5 Å². The molecule has 0 saturated heterocycles. The van der Waals surface area contributed by atoms with Crippen molar-refractivity contribution >= 4 is 0 Å². The molecule has 4 heteroatoms. The number of hydrogen-bond donors (Lipinski definition) is 2. The van der Waals surface area contributed by atoms with Crippen LogP contribution in [-0.2, 0) is 7.05 Å². The van der Waals surface area contributed by atoms with E-state index in [0.29, 0.717) is 0 Å². The third-order valence-corrected chi connectivity index (χ3v) is 3.94. The number of aliphatic hydroxyl groups excluding tert-OH is 1. The van der Waals surface area contributed by atoms with Crippen molar-refractivity contribution in [3.63, 3.8) is 0 Å². The lowest BCUT2D eigenvalue weighted by Crippen LogP contribution is -2.29. The van der Waals surface area contributed by atoms with Crippen LogP contribution in [0.4, 0.5) is 0 Å². The number of aryl methyl sites for hydroxylation is 1. The molecule has 1 aromatic rings. The maximum Gasteiger partial charge on any atom is 0.0627 e. The van der Waals surface area contributed by atoms with Crippen LogP contribution in [0.2, 0.25) is 0 Å². The molecule has 4 nitrogen and oxygen atoms in total. The number of aliphatic hydroxyl groups is 1. The van der Waals surface area contributed by atoms with Gasteiger partial charge in [-0.2, -0.15) is 5.10 Å². The second-order valence-corrected chi connectivity index (χ2v) is 5.45. The van der Waals surface area contributed by atoms with Crippen molar-refractivity contribution in [1.29, 1.82) is 0 Å². The molecular weight excluding hydrogens is 226 g/mol. The van der Waals surface area contributed by atoms with Crippen LogP contribution in [0, 0.1) is 5.92 Å². The average Bonchev–Trinajstić information content (AvgIpc) is 2.65.